The molecule has 0 bridgehead atoms. The summed E-state index contributed by atoms with van der Waals surface area (Å²) in [6.45, 7) is 8.10. The quantitative estimate of drug-likeness (QED) is 0.799. The van der Waals surface area contributed by atoms with Crippen LogP contribution in [0.25, 0.3) is 0 Å². The van der Waals surface area contributed by atoms with Gasteiger partial charge in [0.15, 0.2) is 0 Å². The average molecular weight is 360 g/mol. The number of nitrogens with zero attached hydrogens (tertiary/aromatic N) is 5. The number of aryl methyl sites for hydroxylation is 2. The molecular formula is C18H28N6O2. The van der Waals surface area contributed by atoms with Gasteiger partial charge in [-0.2, -0.15) is 5.10 Å². The SMILES string of the molecule is COCc1cc(NC(C)C2CN(Cc3cn(C)nc3C)CCO2)ncn1. The number of methoxy groups -OCH3 is 1. The molecule has 2 unspecified atom stereocenters. The van der Waals surface area contributed by atoms with E-state index in [-0.39, 0.29) is 12.1 Å². The molecule has 0 spiro atoms. The van der Waals surface area contributed by atoms with Gasteiger partial charge in [-0.1, -0.05) is 0 Å². The highest BCUT2D eigenvalue weighted by Crippen LogP contribution is 2.17. The van der Waals surface area contributed by atoms with Gasteiger partial charge in [0.1, 0.15) is 12.1 Å². The van der Waals surface area contributed by atoms with Crippen molar-refractivity contribution in [2.24, 2.45) is 7.05 Å². The third kappa shape index (κ3) is 4.78. The maximum atomic E-state index is 6.00. The Bertz CT molecular complexity index is 719. The van der Waals surface area contributed by atoms with Crippen LogP contribution >= 0.6 is 0 Å². The molecule has 0 aliphatic carbocycles. The highest BCUT2D eigenvalue weighted by molar-refractivity contribution is 5.36. The van der Waals surface area contributed by atoms with Gasteiger partial charge in [-0.3, -0.25) is 9.58 Å². The van der Waals surface area contributed by atoms with Crippen LogP contribution in [0.15, 0.2) is 18.6 Å². The fraction of sp³-hybridized carbons (Fsp3) is 0.611. The first-order valence-electron chi connectivity index (χ1n) is 8.94. The van der Waals surface area contributed by atoms with Crippen molar-refractivity contribution in [2.45, 2.75) is 39.1 Å². The third-order valence-corrected chi connectivity index (χ3v) is 4.64. The number of aromatic nitrogens is 4. The minimum Gasteiger partial charge on any atom is -0.378 e. The number of hydrogen-bond acceptors (Lipinski definition) is 7. The summed E-state index contributed by atoms with van der Waals surface area (Å²) in [5, 5.41) is 7.87. The normalized spacial score (nSPS) is 19.5. The van der Waals surface area contributed by atoms with E-state index in [1.165, 1.54) is 5.56 Å². The van der Waals surface area contributed by atoms with Crippen LogP contribution in [-0.4, -0.2) is 63.6 Å². The highest BCUT2D eigenvalue weighted by atomic mass is 16.5. The first kappa shape index (κ1) is 18.8. The zero-order valence-electron chi connectivity index (χ0n) is 16.0. The average Bonchev–Trinajstić information content (AvgIpc) is 2.93. The lowest BCUT2D eigenvalue weighted by Crippen LogP contribution is -2.48. The predicted octanol–water partition coefficient (Wildman–Crippen LogP) is 1.37. The van der Waals surface area contributed by atoms with Gasteiger partial charge in [0.2, 0.25) is 0 Å². The van der Waals surface area contributed by atoms with E-state index in [9.17, 15) is 0 Å². The highest BCUT2D eigenvalue weighted by Gasteiger charge is 2.26. The van der Waals surface area contributed by atoms with Crippen molar-refractivity contribution < 1.29 is 9.47 Å². The van der Waals surface area contributed by atoms with E-state index in [1.54, 1.807) is 13.4 Å². The number of nitrogens with one attached hydrogen (secondary N) is 1. The monoisotopic (exact) mass is 360 g/mol. The first-order valence-corrected chi connectivity index (χ1v) is 8.94. The maximum Gasteiger partial charge on any atom is 0.129 e. The van der Waals surface area contributed by atoms with Crippen molar-refractivity contribution in [2.75, 3.05) is 32.1 Å². The molecule has 3 rings (SSSR count). The van der Waals surface area contributed by atoms with E-state index < -0.39 is 0 Å². The molecule has 0 radical (unpaired) electrons. The van der Waals surface area contributed by atoms with E-state index >= 15 is 0 Å². The summed E-state index contributed by atoms with van der Waals surface area (Å²) in [6.07, 6.45) is 3.75. The molecule has 3 heterocycles. The molecule has 0 aromatic carbocycles. The number of ether oxygens (including phenoxy) is 2. The molecule has 1 aliphatic rings. The lowest BCUT2D eigenvalue weighted by Gasteiger charge is -2.36. The van der Waals surface area contributed by atoms with Gasteiger partial charge in [-0.05, 0) is 13.8 Å². The Labute approximate surface area is 154 Å². The maximum absolute atomic E-state index is 6.00. The zero-order valence-corrected chi connectivity index (χ0v) is 16.0. The second-order valence-electron chi connectivity index (χ2n) is 6.82. The number of hydrogen-bond donors (Lipinski definition) is 1. The fourth-order valence-electron chi connectivity index (χ4n) is 3.25. The summed E-state index contributed by atoms with van der Waals surface area (Å²) in [5.41, 5.74) is 3.22. The van der Waals surface area contributed by atoms with Crippen LogP contribution in [0.2, 0.25) is 0 Å². The van der Waals surface area contributed by atoms with Crippen molar-refractivity contribution in [1.82, 2.24) is 24.6 Å². The van der Waals surface area contributed by atoms with Crippen LogP contribution in [-0.2, 0) is 29.7 Å². The second kappa shape index (κ2) is 8.57. The molecular weight excluding hydrogens is 332 g/mol. The van der Waals surface area contributed by atoms with Gasteiger partial charge in [0, 0.05) is 51.6 Å². The van der Waals surface area contributed by atoms with Crippen molar-refractivity contribution in [3.63, 3.8) is 0 Å². The van der Waals surface area contributed by atoms with E-state index in [4.69, 9.17) is 9.47 Å². The van der Waals surface area contributed by atoms with E-state index in [2.05, 4.69) is 45.3 Å². The van der Waals surface area contributed by atoms with Crippen molar-refractivity contribution in [3.05, 3.63) is 35.5 Å². The van der Waals surface area contributed by atoms with Crippen molar-refractivity contribution in [3.8, 4) is 0 Å². The molecule has 0 saturated carbocycles. The molecule has 2 aromatic rings. The lowest BCUT2D eigenvalue weighted by molar-refractivity contribution is -0.0374. The summed E-state index contributed by atoms with van der Waals surface area (Å²) in [4.78, 5) is 10.9. The van der Waals surface area contributed by atoms with Crippen LogP contribution in [0.4, 0.5) is 5.82 Å². The summed E-state index contributed by atoms with van der Waals surface area (Å²) < 4.78 is 13.0. The standard InChI is InChI=1S/C18H28N6O2/c1-13-15(8-23(3)22-13)9-24-5-6-26-17(10-24)14(2)21-18-7-16(11-25-4)19-12-20-18/h7-8,12,14,17H,5-6,9-11H2,1-4H3,(H,19,20,21). The van der Waals surface area contributed by atoms with Gasteiger partial charge < -0.3 is 14.8 Å². The summed E-state index contributed by atoms with van der Waals surface area (Å²) in [7, 11) is 3.62. The zero-order chi connectivity index (χ0) is 18.5. The fourth-order valence-corrected chi connectivity index (χ4v) is 3.25. The Kier molecular flexibility index (Phi) is 6.18. The molecule has 8 heteroatoms. The van der Waals surface area contributed by atoms with E-state index in [0.29, 0.717) is 6.61 Å². The molecule has 0 amide bonds. The van der Waals surface area contributed by atoms with Gasteiger partial charge in [0.25, 0.3) is 0 Å². The molecule has 1 N–H and O–H groups in total. The van der Waals surface area contributed by atoms with Crippen molar-refractivity contribution in [1.29, 1.82) is 0 Å². The van der Waals surface area contributed by atoms with Crippen molar-refractivity contribution >= 4 is 5.82 Å². The van der Waals surface area contributed by atoms with Crippen LogP contribution in [0.3, 0.4) is 0 Å². The minimum atomic E-state index is 0.0987. The summed E-state index contributed by atoms with van der Waals surface area (Å²) in [5.74, 6) is 0.795. The number of rotatable bonds is 7. The van der Waals surface area contributed by atoms with Crippen LogP contribution < -0.4 is 5.32 Å². The van der Waals surface area contributed by atoms with Gasteiger partial charge in [-0.15, -0.1) is 0 Å². The van der Waals surface area contributed by atoms with E-state index in [0.717, 1.165) is 43.4 Å². The van der Waals surface area contributed by atoms with Crippen LogP contribution in [0.1, 0.15) is 23.9 Å². The Hall–Kier alpha value is -2.03. The van der Waals surface area contributed by atoms with Gasteiger partial charge >= 0.3 is 0 Å². The third-order valence-electron chi connectivity index (χ3n) is 4.64. The first-order chi connectivity index (χ1) is 12.5. The molecule has 2 aromatic heterocycles. The van der Waals surface area contributed by atoms with Crippen LogP contribution in [0.5, 0.6) is 0 Å². The topological polar surface area (TPSA) is 77.3 Å². The number of anilines is 1. The van der Waals surface area contributed by atoms with Gasteiger partial charge in [-0.25, -0.2) is 9.97 Å². The Morgan fingerprint density at radius 2 is 2.27 bits per heavy atom. The second-order valence-corrected chi connectivity index (χ2v) is 6.82. The summed E-state index contributed by atoms with van der Waals surface area (Å²) >= 11 is 0. The molecule has 1 aliphatic heterocycles. The Balaban J connectivity index is 1.58. The Morgan fingerprint density at radius 3 is 3.00 bits per heavy atom. The largest absolute Gasteiger partial charge is 0.378 e. The van der Waals surface area contributed by atoms with Crippen LogP contribution in [0, 0.1) is 6.92 Å². The number of morpholine rings is 1. The summed E-state index contributed by atoms with van der Waals surface area (Å²) in [6, 6.07) is 2.05. The molecule has 2 atom stereocenters. The van der Waals surface area contributed by atoms with E-state index in [1.807, 2.05) is 17.8 Å². The molecule has 8 nitrogen and oxygen atoms in total. The molecule has 142 valence electrons. The lowest BCUT2D eigenvalue weighted by atomic mass is 10.1. The molecule has 1 saturated heterocycles. The molecule has 1 fully saturated rings. The predicted molar refractivity (Wildman–Crippen MR) is 98.8 cm³/mol. The smallest absolute Gasteiger partial charge is 0.129 e. The van der Waals surface area contributed by atoms with Gasteiger partial charge in [0.05, 0.1) is 36.7 Å². The minimum absolute atomic E-state index is 0.0987. The molecule has 26 heavy (non-hydrogen) atoms. The Morgan fingerprint density at radius 1 is 1.42 bits per heavy atom.